The lowest BCUT2D eigenvalue weighted by molar-refractivity contribution is 0.247. The Morgan fingerprint density at radius 3 is 2.83 bits per heavy atom. The van der Waals surface area contributed by atoms with Crippen LogP contribution in [0.1, 0.15) is 25.3 Å². The number of hydrogen-bond donors (Lipinski definition) is 2. The third kappa shape index (κ3) is 3.24. The smallest absolute Gasteiger partial charge is 0.101 e. The molecule has 2 rings (SSSR count). The Morgan fingerprint density at radius 1 is 1.44 bits per heavy atom. The number of halogens is 1. The van der Waals surface area contributed by atoms with Crippen molar-refractivity contribution in [3.05, 3.63) is 28.2 Å². The Balaban J connectivity index is 2.04. The summed E-state index contributed by atoms with van der Waals surface area (Å²) in [5.41, 5.74) is 1.95. The van der Waals surface area contributed by atoms with Crippen molar-refractivity contribution in [2.45, 2.75) is 19.8 Å². The Kier molecular flexibility index (Phi) is 4.26. The molecule has 0 saturated carbocycles. The second-order valence-corrected chi connectivity index (χ2v) is 6.13. The van der Waals surface area contributed by atoms with Gasteiger partial charge in [0, 0.05) is 11.0 Å². The molecule has 0 aliphatic carbocycles. The summed E-state index contributed by atoms with van der Waals surface area (Å²) in [5.74, 6) is 0. The molecule has 1 heterocycles. The maximum Gasteiger partial charge on any atom is 0.101 e. The Morgan fingerprint density at radius 2 is 2.17 bits per heavy atom. The predicted octanol–water partition coefficient (Wildman–Crippen LogP) is 3.12. The zero-order valence-corrected chi connectivity index (χ0v) is 12.2. The number of piperidine rings is 1. The monoisotopic (exact) mass is 307 g/mol. The van der Waals surface area contributed by atoms with Gasteiger partial charge in [-0.15, -0.1) is 0 Å². The fourth-order valence-electron chi connectivity index (χ4n) is 2.28. The summed E-state index contributed by atoms with van der Waals surface area (Å²) in [6.07, 6.45) is 2.36. The lowest BCUT2D eigenvalue weighted by atomic mass is 9.81. The van der Waals surface area contributed by atoms with Gasteiger partial charge in [-0.25, -0.2) is 0 Å². The maximum atomic E-state index is 9.12. The van der Waals surface area contributed by atoms with Gasteiger partial charge in [-0.2, -0.15) is 5.26 Å². The molecule has 0 unspecified atom stereocenters. The van der Waals surface area contributed by atoms with E-state index in [2.05, 4.69) is 39.6 Å². The third-order valence-corrected chi connectivity index (χ3v) is 4.11. The highest BCUT2D eigenvalue weighted by Crippen LogP contribution is 2.29. The first-order chi connectivity index (χ1) is 8.63. The van der Waals surface area contributed by atoms with Gasteiger partial charge in [0.1, 0.15) is 6.07 Å². The summed E-state index contributed by atoms with van der Waals surface area (Å²) in [4.78, 5) is 0. The van der Waals surface area contributed by atoms with E-state index in [-0.39, 0.29) is 0 Å². The molecule has 3 nitrogen and oxygen atoms in total. The van der Waals surface area contributed by atoms with Crippen LogP contribution in [0.5, 0.6) is 0 Å². The van der Waals surface area contributed by atoms with Crippen molar-refractivity contribution in [1.82, 2.24) is 5.32 Å². The summed E-state index contributed by atoms with van der Waals surface area (Å²) in [6, 6.07) is 8.02. The van der Waals surface area contributed by atoms with Crippen LogP contribution in [-0.2, 0) is 0 Å². The van der Waals surface area contributed by atoms with Gasteiger partial charge in [0.25, 0.3) is 0 Å². The first kappa shape index (κ1) is 13.4. The minimum Gasteiger partial charge on any atom is -0.383 e. The molecule has 0 radical (unpaired) electrons. The van der Waals surface area contributed by atoms with Crippen LogP contribution >= 0.6 is 15.9 Å². The minimum absolute atomic E-state index is 0.324. The van der Waals surface area contributed by atoms with E-state index < -0.39 is 0 Å². The molecular formula is C14H18BrN3. The fourth-order valence-corrected chi connectivity index (χ4v) is 2.64. The number of nitrogens with one attached hydrogen (secondary N) is 2. The van der Waals surface area contributed by atoms with Crippen LogP contribution < -0.4 is 10.6 Å². The molecule has 2 N–H and O–H groups in total. The predicted molar refractivity (Wildman–Crippen MR) is 77.6 cm³/mol. The highest BCUT2D eigenvalue weighted by atomic mass is 79.9. The van der Waals surface area contributed by atoms with Crippen molar-refractivity contribution in [3.8, 4) is 6.07 Å². The van der Waals surface area contributed by atoms with Gasteiger partial charge in [-0.3, -0.25) is 0 Å². The molecule has 1 aliphatic heterocycles. The van der Waals surface area contributed by atoms with E-state index in [0.717, 1.165) is 29.8 Å². The lowest BCUT2D eigenvalue weighted by Crippen LogP contribution is -2.39. The summed E-state index contributed by atoms with van der Waals surface area (Å²) in [7, 11) is 0. The molecule has 1 saturated heterocycles. The second-order valence-electron chi connectivity index (χ2n) is 5.22. The lowest BCUT2D eigenvalue weighted by Gasteiger charge is -2.34. The van der Waals surface area contributed by atoms with Gasteiger partial charge in [0.15, 0.2) is 0 Å². The van der Waals surface area contributed by atoms with Crippen molar-refractivity contribution in [1.29, 1.82) is 5.26 Å². The number of anilines is 1. The number of benzene rings is 1. The number of nitrogens with zero attached hydrogens (tertiary/aromatic N) is 1. The molecule has 0 spiro atoms. The summed E-state index contributed by atoms with van der Waals surface area (Å²) in [6.45, 7) is 5.41. The molecule has 1 aliphatic rings. The van der Waals surface area contributed by atoms with Crippen LogP contribution in [0.3, 0.4) is 0 Å². The maximum absolute atomic E-state index is 9.12. The standard InChI is InChI=1S/C14H18BrN3/c1-14(4-6-17-7-5-14)10-18-13-3-2-12(15)8-11(13)9-16/h2-3,8,17-18H,4-7,10H2,1H3. The molecule has 0 aromatic heterocycles. The van der Waals surface area contributed by atoms with Crippen molar-refractivity contribution < 1.29 is 0 Å². The van der Waals surface area contributed by atoms with Gasteiger partial charge in [-0.1, -0.05) is 22.9 Å². The van der Waals surface area contributed by atoms with Crippen molar-refractivity contribution in [2.75, 3.05) is 25.0 Å². The highest BCUT2D eigenvalue weighted by molar-refractivity contribution is 9.10. The van der Waals surface area contributed by atoms with Gasteiger partial charge >= 0.3 is 0 Å². The summed E-state index contributed by atoms with van der Waals surface area (Å²) < 4.78 is 0.942. The highest BCUT2D eigenvalue weighted by Gasteiger charge is 2.26. The van der Waals surface area contributed by atoms with E-state index in [1.807, 2.05) is 18.2 Å². The summed E-state index contributed by atoms with van der Waals surface area (Å²) in [5, 5.41) is 15.9. The molecule has 1 fully saturated rings. The molecule has 1 aromatic rings. The fraction of sp³-hybridized carbons (Fsp3) is 0.500. The van der Waals surface area contributed by atoms with E-state index in [9.17, 15) is 0 Å². The summed E-state index contributed by atoms with van der Waals surface area (Å²) >= 11 is 3.39. The molecular weight excluding hydrogens is 290 g/mol. The molecule has 0 bridgehead atoms. The minimum atomic E-state index is 0.324. The topological polar surface area (TPSA) is 47.9 Å². The average molecular weight is 308 g/mol. The van der Waals surface area contributed by atoms with Crippen LogP contribution in [-0.4, -0.2) is 19.6 Å². The van der Waals surface area contributed by atoms with Crippen LogP contribution in [0, 0.1) is 16.7 Å². The van der Waals surface area contributed by atoms with Crippen LogP contribution in [0.15, 0.2) is 22.7 Å². The Hall–Kier alpha value is -1.05. The van der Waals surface area contributed by atoms with Gasteiger partial charge in [-0.05, 0) is 49.5 Å². The first-order valence-corrected chi connectivity index (χ1v) is 7.06. The Labute approximate surface area is 117 Å². The normalized spacial score (nSPS) is 18.1. The zero-order chi connectivity index (χ0) is 13.0. The van der Waals surface area contributed by atoms with Crippen LogP contribution in [0.2, 0.25) is 0 Å². The molecule has 1 aromatic carbocycles. The van der Waals surface area contributed by atoms with Gasteiger partial charge < -0.3 is 10.6 Å². The van der Waals surface area contributed by atoms with Crippen molar-refractivity contribution in [2.24, 2.45) is 5.41 Å². The van der Waals surface area contributed by atoms with Crippen LogP contribution in [0.25, 0.3) is 0 Å². The zero-order valence-electron chi connectivity index (χ0n) is 10.6. The first-order valence-electron chi connectivity index (χ1n) is 6.27. The van der Waals surface area contributed by atoms with Gasteiger partial charge in [0.2, 0.25) is 0 Å². The van der Waals surface area contributed by atoms with E-state index in [4.69, 9.17) is 5.26 Å². The van der Waals surface area contributed by atoms with Crippen molar-refractivity contribution in [3.63, 3.8) is 0 Å². The van der Waals surface area contributed by atoms with E-state index >= 15 is 0 Å². The van der Waals surface area contributed by atoms with E-state index in [1.54, 1.807) is 0 Å². The largest absolute Gasteiger partial charge is 0.383 e. The quantitative estimate of drug-likeness (QED) is 0.902. The molecule has 18 heavy (non-hydrogen) atoms. The number of rotatable bonds is 3. The molecule has 96 valence electrons. The number of nitriles is 1. The Bertz CT molecular complexity index is 459. The van der Waals surface area contributed by atoms with E-state index in [1.165, 1.54) is 12.8 Å². The van der Waals surface area contributed by atoms with Gasteiger partial charge in [0.05, 0.1) is 11.3 Å². The second kappa shape index (κ2) is 5.73. The molecule has 0 amide bonds. The van der Waals surface area contributed by atoms with Crippen LogP contribution in [0.4, 0.5) is 5.69 Å². The third-order valence-electron chi connectivity index (χ3n) is 3.62. The van der Waals surface area contributed by atoms with E-state index in [0.29, 0.717) is 11.0 Å². The average Bonchev–Trinajstić information content (AvgIpc) is 2.38. The molecule has 4 heteroatoms. The SMILES string of the molecule is CC1(CNc2ccc(Br)cc2C#N)CCNCC1. The van der Waals surface area contributed by atoms with Crippen molar-refractivity contribution >= 4 is 21.6 Å². The number of hydrogen-bond acceptors (Lipinski definition) is 3. The molecule has 0 atom stereocenters.